The monoisotopic (exact) mass is 455 g/mol. The highest BCUT2D eigenvalue weighted by atomic mass is 35.5. The quantitative estimate of drug-likeness (QED) is 0.458. The highest BCUT2D eigenvalue weighted by Crippen LogP contribution is 2.35. The summed E-state index contributed by atoms with van der Waals surface area (Å²) in [5.74, 6) is 1.02. The molecule has 0 atom stereocenters. The van der Waals surface area contributed by atoms with E-state index in [1.165, 1.54) is 0 Å². The molecule has 1 amide bonds. The van der Waals surface area contributed by atoms with Gasteiger partial charge in [-0.2, -0.15) is 10.2 Å². The van der Waals surface area contributed by atoms with Crippen LogP contribution in [0.25, 0.3) is 11.3 Å². The summed E-state index contributed by atoms with van der Waals surface area (Å²) in [7, 11) is 0. The van der Waals surface area contributed by atoms with Gasteiger partial charge in [0.05, 0.1) is 34.2 Å². The normalized spacial score (nSPS) is 12.2. The van der Waals surface area contributed by atoms with Gasteiger partial charge in [-0.25, -0.2) is 0 Å². The lowest BCUT2D eigenvalue weighted by Crippen LogP contribution is -2.11. The van der Waals surface area contributed by atoms with E-state index < -0.39 is 0 Å². The summed E-state index contributed by atoms with van der Waals surface area (Å²) >= 11 is 12.0. The fraction of sp³-hybridized carbons (Fsp3) is 0.0952. The molecule has 1 aliphatic rings. The first-order valence-corrected chi connectivity index (χ1v) is 10.0. The summed E-state index contributed by atoms with van der Waals surface area (Å²) in [6.07, 6.45) is 3.31. The molecule has 31 heavy (non-hydrogen) atoms. The van der Waals surface area contributed by atoms with Gasteiger partial charge in [-0.05, 0) is 42.0 Å². The zero-order valence-corrected chi connectivity index (χ0v) is 17.4. The Morgan fingerprint density at radius 3 is 2.84 bits per heavy atom. The van der Waals surface area contributed by atoms with Crippen LogP contribution in [0.2, 0.25) is 10.0 Å². The predicted molar refractivity (Wildman–Crippen MR) is 116 cm³/mol. The number of halogens is 2. The van der Waals surface area contributed by atoms with Crippen LogP contribution in [0.4, 0.5) is 5.69 Å². The van der Waals surface area contributed by atoms with Crippen molar-refractivity contribution in [3.05, 3.63) is 76.2 Å². The lowest BCUT2D eigenvalue weighted by molar-refractivity contribution is 0.102. The molecule has 0 fully saturated rings. The molecule has 1 aliphatic heterocycles. The van der Waals surface area contributed by atoms with E-state index in [-0.39, 0.29) is 12.7 Å². The van der Waals surface area contributed by atoms with Crippen molar-refractivity contribution in [3.63, 3.8) is 0 Å². The van der Waals surface area contributed by atoms with Crippen molar-refractivity contribution in [1.29, 1.82) is 0 Å². The van der Waals surface area contributed by atoms with Crippen molar-refractivity contribution in [2.24, 2.45) is 0 Å². The summed E-state index contributed by atoms with van der Waals surface area (Å²) in [5.41, 5.74) is 3.26. The number of amides is 1. The Balaban J connectivity index is 1.26. The largest absolute Gasteiger partial charge is 0.454 e. The maximum atomic E-state index is 12.6. The van der Waals surface area contributed by atoms with Crippen LogP contribution in [0.5, 0.6) is 11.5 Å². The topological polar surface area (TPSA) is 94.1 Å². The molecular weight excluding hydrogens is 441 g/mol. The van der Waals surface area contributed by atoms with Crippen LogP contribution in [0.15, 0.2) is 54.9 Å². The molecule has 10 heteroatoms. The van der Waals surface area contributed by atoms with Crippen LogP contribution in [-0.2, 0) is 6.54 Å². The molecule has 0 saturated carbocycles. The first-order chi connectivity index (χ1) is 15.0. The number of carbonyl (C=O) groups excluding carboxylic acids is 1. The molecule has 3 heterocycles. The minimum atomic E-state index is -0.325. The molecule has 8 nitrogen and oxygen atoms in total. The molecule has 0 saturated heterocycles. The fourth-order valence-corrected chi connectivity index (χ4v) is 3.50. The van der Waals surface area contributed by atoms with Crippen molar-refractivity contribution in [3.8, 4) is 22.8 Å². The number of carbonyl (C=O) groups is 1. The van der Waals surface area contributed by atoms with E-state index in [2.05, 4.69) is 20.6 Å². The zero-order chi connectivity index (χ0) is 21.4. The molecular formula is C21H15Cl2N5O3. The third-order valence-electron chi connectivity index (χ3n) is 4.71. The predicted octanol–water partition coefficient (Wildman–Crippen LogP) is 4.61. The third kappa shape index (κ3) is 4.08. The number of aromatic nitrogens is 4. The maximum Gasteiger partial charge on any atom is 0.273 e. The van der Waals surface area contributed by atoms with Gasteiger partial charge in [0.15, 0.2) is 11.5 Å². The molecule has 156 valence electrons. The van der Waals surface area contributed by atoms with Gasteiger partial charge >= 0.3 is 0 Å². The molecule has 5 rings (SSSR count). The number of hydrogen-bond acceptors (Lipinski definition) is 5. The first kappa shape index (κ1) is 19.5. The SMILES string of the molecule is O=C(Nc1cnn(Cc2ccc(Cl)c(Cl)c2)c1)c1cc(-c2ccc3c(c2)OCO3)n[nH]1. The average Bonchev–Trinajstić information content (AvgIpc) is 3.50. The van der Waals surface area contributed by atoms with Crippen molar-refractivity contribution >= 4 is 34.8 Å². The van der Waals surface area contributed by atoms with Crippen molar-refractivity contribution in [2.75, 3.05) is 12.1 Å². The number of hydrogen-bond donors (Lipinski definition) is 2. The zero-order valence-electron chi connectivity index (χ0n) is 15.9. The van der Waals surface area contributed by atoms with Crippen LogP contribution in [0, 0.1) is 0 Å². The van der Waals surface area contributed by atoms with E-state index in [0.29, 0.717) is 45.2 Å². The molecule has 2 aromatic carbocycles. The Hall–Kier alpha value is -3.49. The Labute approximate surface area is 186 Å². The number of aromatic amines is 1. The number of benzene rings is 2. The van der Waals surface area contributed by atoms with E-state index in [9.17, 15) is 4.79 Å². The van der Waals surface area contributed by atoms with Gasteiger partial charge in [-0.15, -0.1) is 0 Å². The van der Waals surface area contributed by atoms with Gasteiger partial charge in [0, 0.05) is 11.8 Å². The number of nitrogens with one attached hydrogen (secondary N) is 2. The van der Waals surface area contributed by atoms with E-state index in [1.807, 2.05) is 24.3 Å². The third-order valence-corrected chi connectivity index (χ3v) is 5.45. The molecule has 0 aliphatic carbocycles. The van der Waals surface area contributed by atoms with E-state index in [0.717, 1.165) is 11.1 Å². The lowest BCUT2D eigenvalue weighted by Gasteiger charge is -2.03. The van der Waals surface area contributed by atoms with Gasteiger partial charge in [0.1, 0.15) is 5.69 Å². The number of H-pyrrole nitrogens is 1. The van der Waals surface area contributed by atoms with Crippen LogP contribution in [0.3, 0.4) is 0 Å². The van der Waals surface area contributed by atoms with Crippen LogP contribution < -0.4 is 14.8 Å². The summed E-state index contributed by atoms with van der Waals surface area (Å²) in [4.78, 5) is 12.6. The standard InChI is InChI=1S/C21H15Cl2N5O3/c22-15-3-1-12(5-16(15)23)9-28-10-14(8-24-28)25-21(29)18-7-17(26-27-18)13-2-4-19-20(6-13)31-11-30-19/h1-8,10H,9,11H2,(H,25,29)(H,26,27). The average molecular weight is 456 g/mol. The number of anilines is 1. The number of rotatable bonds is 5. The summed E-state index contributed by atoms with van der Waals surface area (Å²) in [6, 6.07) is 12.6. The van der Waals surface area contributed by atoms with Gasteiger partial charge in [-0.1, -0.05) is 29.3 Å². The minimum absolute atomic E-state index is 0.200. The summed E-state index contributed by atoms with van der Waals surface area (Å²) < 4.78 is 12.4. The molecule has 0 bridgehead atoms. The smallest absolute Gasteiger partial charge is 0.273 e. The summed E-state index contributed by atoms with van der Waals surface area (Å²) in [5, 5.41) is 15.0. The molecule has 0 radical (unpaired) electrons. The number of ether oxygens (including phenoxy) is 2. The van der Waals surface area contributed by atoms with Gasteiger partial charge < -0.3 is 14.8 Å². The first-order valence-electron chi connectivity index (χ1n) is 9.28. The van der Waals surface area contributed by atoms with Crippen molar-refractivity contribution < 1.29 is 14.3 Å². The molecule has 2 N–H and O–H groups in total. The number of fused-ring (bicyclic) bond motifs is 1. The van der Waals surface area contributed by atoms with Gasteiger partial charge in [-0.3, -0.25) is 14.6 Å². The fourth-order valence-electron chi connectivity index (χ4n) is 3.18. The van der Waals surface area contributed by atoms with Gasteiger partial charge in [0.25, 0.3) is 5.91 Å². The Kier molecular flexibility index (Phi) is 5.01. The highest BCUT2D eigenvalue weighted by molar-refractivity contribution is 6.42. The molecule has 4 aromatic rings. The second-order valence-electron chi connectivity index (χ2n) is 6.86. The Morgan fingerprint density at radius 2 is 1.97 bits per heavy atom. The van der Waals surface area contributed by atoms with E-state index in [4.69, 9.17) is 32.7 Å². The van der Waals surface area contributed by atoms with Crippen molar-refractivity contribution in [2.45, 2.75) is 6.54 Å². The molecule has 2 aromatic heterocycles. The maximum absolute atomic E-state index is 12.6. The van der Waals surface area contributed by atoms with Crippen LogP contribution in [0.1, 0.15) is 16.1 Å². The van der Waals surface area contributed by atoms with E-state index in [1.54, 1.807) is 35.3 Å². The Morgan fingerprint density at radius 1 is 1.10 bits per heavy atom. The lowest BCUT2D eigenvalue weighted by atomic mass is 10.1. The van der Waals surface area contributed by atoms with Crippen LogP contribution >= 0.6 is 23.2 Å². The molecule has 0 spiro atoms. The van der Waals surface area contributed by atoms with E-state index >= 15 is 0 Å². The minimum Gasteiger partial charge on any atom is -0.454 e. The second kappa shape index (κ2) is 7.98. The Bertz CT molecular complexity index is 1280. The van der Waals surface area contributed by atoms with Crippen molar-refractivity contribution in [1.82, 2.24) is 20.0 Å². The second-order valence-corrected chi connectivity index (χ2v) is 7.68. The highest BCUT2D eigenvalue weighted by Gasteiger charge is 2.17. The van der Waals surface area contributed by atoms with Crippen LogP contribution in [-0.4, -0.2) is 32.7 Å². The summed E-state index contributed by atoms with van der Waals surface area (Å²) in [6.45, 7) is 0.691. The number of nitrogens with zero attached hydrogens (tertiary/aromatic N) is 3. The van der Waals surface area contributed by atoms with Gasteiger partial charge in [0.2, 0.25) is 6.79 Å². The molecule has 0 unspecified atom stereocenters.